The van der Waals surface area contributed by atoms with Crippen molar-refractivity contribution in [2.75, 3.05) is 6.54 Å². The molecule has 4 N–H and O–H groups in total. The van der Waals surface area contributed by atoms with Crippen LogP contribution in [0, 0.1) is 5.41 Å². The summed E-state index contributed by atoms with van der Waals surface area (Å²) in [4.78, 5) is 0. The van der Waals surface area contributed by atoms with E-state index in [0.717, 1.165) is 6.54 Å². The van der Waals surface area contributed by atoms with Crippen molar-refractivity contribution >= 4 is 0 Å². The number of hydrogen-bond donors (Lipinski definition) is 4. The Morgan fingerprint density at radius 3 is 2.44 bits per heavy atom. The lowest BCUT2D eigenvalue weighted by Gasteiger charge is -2.24. The quantitative estimate of drug-likeness (QED) is 0.620. The Morgan fingerprint density at radius 1 is 1.11 bits per heavy atom. The molecule has 0 spiro atoms. The Bertz CT molecular complexity index is 425. The molecule has 18 heavy (non-hydrogen) atoms. The van der Waals surface area contributed by atoms with Crippen LogP contribution in [0.2, 0.25) is 0 Å². The Balaban J connectivity index is 1.92. The molecule has 1 fully saturated rings. The molecule has 0 radical (unpaired) electrons. The number of phenolic OH excluding ortho intramolecular Hbond substituents is 3. The van der Waals surface area contributed by atoms with Gasteiger partial charge in [0.05, 0.1) is 0 Å². The molecule has 0 aliphatic heterocycles. The van der Waals surface area contributed by atoms with Gasteiger partial charge in [0.1, 0.15) is 0 Å². The molecule has 0 amide bonds. The molecule has 1 aliphatic carbocycles. The van der Waals surface area contributed by atoms with Crippen molar-refractivity contribution < 1.29 is 15.3 Å². The first-order valence-electron chi connectivity index (χ1n) is 6.45. The van der Waals surface area contributed by atoms with Crippen molar-refractivity contribution in [2.45, 2.75) is 39.2 Å². The molecule has 1 aromatic carbocycles. The normalized spacial score (nSPS) is 18.1. The van der Waals surface area contributed by atoms with E-state index in [9.17, 15) is 15.3 Å². The minimum Gasteiger partial charge on any atom is -0.504 e. The Morgan fingerprint density at radius 2 is 1.78 bits per heavy atom. The highest BCUT2D eigenvalue weighted by molar-refractivity contribution is 5.52. The van der Waals surface area contributed by atoms with Crippen LogP contribution in [0.5, 0.6) is 17.2 Å². The summed E-state index contributed by atoms with van der Waals surface area (Å²) in [5, 5.41) is 31.7. The molecule has 0 unspecified atom stereocenters. The topological polar surface area (TPSA) is 72.7 Å². The first kappa shape index (κ1) is 13.0. The molecule has 0 bridgehead atoms. The highest BCUT2D eigenvalue weighted by Crippen LogP contribution is 2.38. The van der Waals surface area contributed by atoms with Gasteiger partial charge in [-0.2, -0.15) is 0 Å². The number of aromatic hydroxyl groups is 3. The molecule has 2 rings (SSSR count). The van der Waals surface area contributed by atoms with Crippen LogP contribution in [-0.4, -0.2) is 21.9 Å². The standard InChI is InChI=1S/C14H21NO3/c1-14(6-2-3-7-14)9-15-8-10-4-5-11(16)13(18)12(10)17/h4-5,15-18H,2-3,6-9H2,1H3. The van der Waals surface area contributed by atoms with Gasteiger partial charge in [-0.05, 0) is 24.3 Å². The van der Waals surface area contributed by atoms with E-state index in [-0.39, 0.29) is 11.5 Å². The van der Waals surface area contributed by atoms with Gasteiger partial charge >= 0.3 is 0 Å². The van der Waals surface area contributed by atoms with E-state index in [0.29, 0.717) is 17.5 Å². The lowest BCUT2D eigenvalue weighted by Crippen LogP contribution is -2.29. The van der Waals surface area contributed by atoms with Crippen LogP contribution < -0.4 is 5.32 Å². The summed E-state index contributed by atoms with van der Waals surface area (Å²) in [5.41, 5.74) is 0.959. The number of hydrogen-bond acceptors (Lipinski definition) is 4. The maximum atomic E-state index is 9.68. The summed E-state index contributed by atoms with van der Waals surface area (Å²) in [6, 6.07) is 3.01. The third kappa shape index (κ3) is 2.70. The predicted molar refractivity (Wildman–Crippen MR) is 69.7 cm³/mol. The van der Waals surface area contributed by atoms with Crippen LogP contribution in [0.25, 0.3) is 0 Å². The van der Waals surface area contributed by atoms with E-state index in [1.165, 1.54) is 31.7 Å². The highest BCUT2D eigenvalue weighted by atomic mass is 16.3. The van der Waals surface area contributed by atoms with Gasteiger partial charge < -0.3 is 20.6 Å². The van der Waals surface area contributed by atoms with Crippen LogP contribution in [0.1, 0.15) is 38.2 Å². The van der Waals surface area contributed by atoms with E-state index in [4.69, 9.17) is 0 Å². The summed E-state index contributed by atoms with van der Waals surface area (Å²) in [6.45, 7) is 3.69. The van der Waals surface area contributed by atoms with E-state index in [1.54, 1.807) is 6.07 Å². The van der Waals surface area contributed by atoms with Gasteiger partial charge in [-0.25, -0.2) is 0 Å². The number of benzene rings is 1. The molecule has 4 heteroatoms. The molecule has 4 nitrogen and oxygen atoms in total. The first-order valence-corrected chi connectivity index (χ1v) is 6.45. The lowest BCUT2D eigenvalue weighted by molar-refractivity contribution is 0.312. The Hall–Kier alpha value is -1.42. The second-order valence-corrected chi connectivity index (χ2v) is 5.56. The molecular formula is C14H21NO3. The van der Waals surface area contributed by atoms with Crippen molar-refractivity contribution in [1.82, 2.24) is 5.32 Å². The van der Waals surface area contributed by atoms with E-state index in [2.05, 4.69) is 12.2 Å². The summed E-state index contributed by atoms with van der Waals surface area (Å²) < 4.78 is 0. The predicted octanol–water partition coefficient (Wildman–Crippen LogP) is 2.47. The highest BCUT2D eigenvalue weighted by Gasteiger charge is 2.27. The van der Waals surface area contributed by atoms with Crippen LogP contribution in [0.3, 0.4) is 0 Å². The van der Waals surface area contributed by atoms with Crippen LogP contribution in [-0.2, 0) is 6.54 Å². The van der Waals surface area contributed by atoms with Crippen molar-refractivity contribution in [1.29, 1.82) is 0 Å². The van der Waals surface area contributed by atoms with Crippen molar-refractivity contribution in [3.05, 3.63) is 17.7 Å². The fraction of sp³-hybridized carbons (Fsp3) is 0.571. The maximum absolute atomic E-state index is 9.68. The fourth-order valence-corrected chi connectivity index (χ4v) is 2.66. The molecule has 1 aromatic rings. The second-order valence-electron chi connectivity index (χ2n) is 5.56. The average Bonchev–Trinajstić information content (AvgIpc) is 2.77. The lowest BCUT2D eigenvalue weighted by atomic mass is 9.89. The van der Waals surface area contributed by atoms with Gasteiger partial charge in [-0.3, -0.25) is 0 Å². The van der Waals surface area contributed by atoms with Gasteiger partial charge in [0.25, 0.3) is 0 Å². The van der Waals surface area contributed by atoms with Gasteiger partial charge in [-0.15, -0.1) is 0 Å². The minimum atomic E-state index is -0.443. The zero-order chi connectivity index (χ0) is 13.2. The van der Waals surface area contributed by atoms with Crippen LogP contribution in [0.15, 0.2) is 12.1 Å². The Kier molecular flexibility index (Phi) is 3.66. The number of nitrogens with one attached hydrogen (secondary N) is 1. The van der Waals surface area contributed by atoms with Crippen molar-refractivity contribution in [3.63, 3.8) is 0 Å². The third-order valence-corrected chi connectivity index (χ3v) is 3.89. The monoisotopic (exact) mass is 251 g/mol. The molecule has 100 valence electrons. The number of rotatable bonds is 4. The zero-order valence-corrected chi connectivity index (χ0v) is 10.7. The molecular weight excluding hydrogens is 230 g/mol. The largest absolute Gasteiger partial charge is 0.504 e. The van der Waals surface area contributed by atoms with Crippen LogP contribution in [0.4, 0.5) is 0 Å². The summed E-state index contributed by atoms with van der Waals surface area (Å²) in [5.74, 6) is -0.973. The Labute approximate surface area is 107 Å². The summed E-state index contributed by atoms with van der Waals surface area (Å²) in [6.07, 6.45) is 5.08. The SMILES string of the molecule is CC1(CNCc2ccc(O)c(O)c2O)CCCC1. The third-order valence-electron chi connectivity index (χ3n) is 3.89. The second kappa shape index (κ2) is 5.06. The first-order chi connectivity index (χ1) is 8.52. The smallest absolute Gasteiger partial charge is 0.200 e. The van der Waals surface area contributed by atoms with Gasteiger partial charge in [0, 0.05) is 18.7 Å². The van der Waals surface area contributed by atoms with E-state index >= 15 is 0 Å². The summed E-state index contributed by atoms with van der Waals surface area (Å²) >= 11 is 0. The van der Waals surface area contributed by atoms with Crippen LogP contribution >= 0.6 is 0 Å². The molecule has 1 saturated carbocycles. The maximum Gasteiger partial charge on any atom is 0.200 e. The minimum absolute atomic E-state index is 0.237. The molecule has 0 aromatic heterocycles. The van der Waals surface area contributed by atoms with E-state index in [1.807, 2.05) is 0 Å². The average molecular weight is 251 g/mol. The van der Waals surface area contributed by atoms with Gasteiger partial charge in [0.15, 0.2) is 11.5 Å². The number of phenols is 3. The molecule has 0 saturated heterocycles. The van der Waals surface area contributed by atoms with Crippen molar-refractivity contribution in [2.24, 2.45) is 5.41 Å². The molecule has 0 atom stereocenters. The van der Waals surface area contributed by atoms with Gasteiger partial charge in [0.2, 0.25) is 5.75 Å². The molecule has 0 heterocycles. The summed E-state index contributed by atoms with van der Waals surface area (Å²) in [7, 11) is 0. The van der Waals surface area contributed by atoms with E-state index < -0.39 is 5.75 Å². The zero-order valence-electron chi connectivity index (χ0n) is 10.7. The van der Waals surface area contributed by atoms with Crippen molar-refractivity contribution in [3.8, 4) is 17.2 Å². The van der Waals surface area contributed by atoms with Gasteiger partial charge in [-0.1, -0.05) is 25.8 Å². The molecule has 1 aliphatic rings. The fourth-order valence-electron chi connectivity index (χ4n) is 2.66.